The molecule has 0 saturated heterocycles. The summed E-state index contributed by atoms with van der Waals surface area (Å²) in [5.41, 5.74) is 1.39. The zero-order valence-corrected chi connectivity index (χ0v) is 15.1. The lowest BCUT2D eigenvalue weighted by Crippen LogP contribution is -2.24. The number of aromatic amines is 1. The predicted octanol–water partition coefficient (Wildman–Crippen LogP) is 2.42. The van der Waals surface area contributed by atoms with Crippen molar-refractivity contribution in [2.45, 2.75) is 44.1 Å². The number of ether oxygens (including phenoxy) is 1. The lowest BCUT2D eigenvalue weighted by atomic mass is 10.2. The molecule has 2 aromatic rings. The van der Waals surface area contributed by atoms with Crippen molar-refractivity contribution in [2.75, 3.05) is 12.4 Å². The number of H-pyrrole nitrogens is 1. The molecule has 0 fully saturated rings. The quantitative estimate of drug-likeness (QED) is 0.749. The third-order valence-electron chi connectivity index (χ3n) is 3.43. The number of nitrogens with one attached hydrogen (secondary N) is 2. The van der Waals surface area contributed by atoms with E-state index >= 15 is 0 Å². The first-order valence-electron chi connectivity index (χ1n) is 7.73. The normalized spacial score (nSPS) is 12.0. The van der Waals surface area contributed by atoms with Crippen LogP contribution in [0.2, 0.25) is 0 Å². The Bertz CT molecular complexity index is 769. The Balaban J connectivity index is 2.11. The first-order valence-corrected chi connectivity index (χ1v) is 8.61. The third-order valence-corrected chi connectivity index (χ3v) is 4.52. The fourth-order valence-electron chi connectivity index (χ4n) is 2.18. The van der Waals surface area contributed by atoms with Gasteiger partial charge in [0, 0.05) is 6.54 Å². The fourth-order valence-corrected chi connectivity index (χ4v) is 3.06. The van der Waals surface area contributed by atoms with E-state index in [-0.39, 0.29) is 11.6 Å². The van der Waals surface area contributed by atoms with E-state index in [1.54, 1.807) is 18.6 Å². The highest BCUT2D eigenvalue weighted by molar-refractivity contribution is 8.00. The first kappa shape index (κ1) is 18.1. The molecule has 1 atom stereocenters. The number of carbonyl (C=O) groups excluding carboxylic acids is 1. The summed E-state index contributed by atoms with van der Waals surface area (Å²) in [6, 6.07) is 5.59. The van der Waals surface area contributed by atoms with Crippen molar-refractivity contribution in [2.24, 2.45) is 0 Å². The lowest BCUT2D eigenvalue weighted by molar-refractivity contribution is -0.115. The van der Waals surface area contributed by atoms with Gasteiger partial charge in [-0.05, 0) is 38.0 Å². The SMILES string of the molecule is CCCn1c(S[C@@H](C)C(=O)Nc2cc(C)ccc2OC)n[nH]c1=O. The van der Waals surface area contributed by atoms with E-state index in [0.717, 1.165) is 12.0 Å². The Hall–Kier alpha value is -2.22. The molecular weight excluding hydrogens is 328 g/mol. The molecule has 0 aliphatic rings. The summed E-state index contributed by atoms with van der Waals surface area (Å²) in [6.45, 7) is 6.27. The molecule has 0 unspecified atom stereocenters. The summed E-state index contributed by atoms with van der Waals surface area (Å²) in [5.74, 6) is 0.427. The van der Waals surface area contributed by atoms with E-state index in [0.29, 0.717) is 23.1 Å². The molecular formula is C16H22N4O3S. The van der Waals surface area contributed by atoms with Crippen LogP contribution in [0.25, 0.3) is 0 Å². The zero-order valence-electron chi connectivity index (χ0n) is 14.3. The second kappa shape index (κ2) is 8.05. The molecule has 1 amide bonds. The molecule has 2 N–H and O–H groups in total. The van der Waals surface area contributed by atoms with Crippen LogP contribution in [0.3, 0.4) is 0 Å². The average Bonchev–Trinajstić information content (AvgIpc) is 2.88. The van der Waals surface area contributed by atoms with Gasteiger partial charge in [0.2, 0.25) is 5.91 Å². The van der Waals surface area contributed by atoms with Crippen LogP contribution < -0.4 is 15.7 Å². The number of carbonyl (C=O) groups is 1. The number of methoxy groups -OCH3 is 1. The minimum absolute atomic E-state index is 0.178. The summed E-state index contributed by atoms with van der Waals surface area (Å²) < 4.78 is 6.81. The van der Waals surface area contributed by atoms with Gasteiger partial charge in [0.1, 0.15) is 5.75 Å². The Kier molecular flexibility index (Phi) is 6.08. The number of amides is 1. The van der Waals surface area contributed by atoms with Crippen molar-refractivity contribution in [3.63, 3.8) is 0 Å². The molecule has 0 saturated carbocycles. The Morgan fingerprint density at radius 2 is 2.25 bits per heavy atom. The van der Waals surface area contributed by atoms with Crippen LogP contribution in [0.5, 0.6) is 5.75 Å². The van der Waals surface area contributed by atoms with Gasteiger partial charge < -0.3 is 10.1 Å². The number of thioether (sulfide) groups is 1. The van der Waals surface area contributed by atoms with Crippen LogP contribution >= 0.6 is 11.8 Å². The number of hydrogen-bond acceptors (Lipinski definition) is 5. The van der Waals surface area contributed by atoms with Crippen LogP contribution in [-0.4, -0.2) is 33.0 Å². The molecule has 1 aromatic heterocycles. The van der Waals surface area contributed by atoms with E-state index in [1.807, 2.05) is 32.0 Å². The van der Waals surface area contributed by atoms with Crippen molar-refractivity contribution in [3.05, 3.63) is 34.2 Å². The zero-order chi connectivity index (χ0) is 17.7. The van der Waals surface area contributed by atoms with Crippen LogP contribution in [0.4, 0.5) is 5.69 Å². The van der Waals surface area contributed by atoms with E-state index in [9.17, 15) is 9.59 Å². The van der Waals surface area contributed by atoms with Gasteiger partial charge in [0.15, 0.2) is 5.16 Å². The van der Waals surface area contributed by atoms with Crippen molar-refractivity contribution in [3.8, 4) is 5.75 Å². The summed E-state index contributed by atoms with van der Waals surface area (Å²) in [4.78, 5) is 24.2. The van der Waals surface area contributed by atoms with Gasteiger partial charge in [0.05, 0.1) is 18.0 Å². The Morgan fingerprint density at radius 1 is 1.50 bits per heavy atom. The minimum atomic E-state index is -0.416. The highest BCUT2D eigenvalue weighted by Gasteiger charge is 2.20. The number of aryl methyl sites for hydroxylation is 1. The molecule has 0 radical (unpaired) electrons. The third kappa shape index (κ3) is 4.19. The van der Waals surface area contributed by atoms with Gasteiger partial charge in [-0.1, -0.05) is 24.8 Å². The summed E-state index contributed by atoms with van der Waals surface area (Å²) >= 11 is 1.24. The Labute approximate surface area is 144 Å². The molecule has 0 aliphatic heterocycles. The fraction of sp³-hybridized carbons (Fsp3) is 0.438. The van der Waals surface area contributed by atoms with E-state index in [2.05, 4.69) is 15.5 Å². The highest BCUT2D eigenvalue weighted by Crippen LogP contribution is 2.27. The molecule has 24 heavy (non-hydrogen) atoms. The molecule has 0 bridgehead atoms. The van der Waals surface area contributed by atoms with Crippen molar-refractivity contribution < 1.29 is 9.53 Å². The maximum Gasteiger partial charge on any atom is 0.343 e. The second-order valence-electron chi connectivity index (χ2n) is 5.42. The minimum Gasteiger partial charge on any atom is -0.495 e. The van der Waals surface area contributed by atoms with Gasteiger partial charge in [-0.25, -0.2) is 9.89 Å². The van der Waals surface area contributed by atoms with Gasteiger partial charge in [-0.15, -0.1) is 5.10 Å². The maximum absolute atomic E-state index is 12.5. The predicted molar refractivity (Wildman–Crippen MR) is 94.8 cm³/mol. The molecule has 0 aliphatic carbocycles. The van der Waals surface area contributed by atoms with Crippen LogP contribution in [0.1, 0.15) is 25.8 Å². The standard InChI is InChI=1S/C16H22N4O3S/c1-5-8-20-15(22)18-19-16(20)24-11(3)14(21)17-12-9-10(2)6-7-13(12)23-4/h6-7,9,11H,5,8H2,1-4H3,(H,17,21)(H,18,22)/t11-/m0/s1. The van der Waals surface area contributed by atoms with Crippen molar-refractivity contribution >= 4 is 23.4 Å². The molecule has 1 heterocycles. The van der Waals surface area contributed by atoms with Gasteiger partial charge >= 0.3 is 5.69 Å². The van der Waals surface area contributed by atoms with E-state index < -0.39 is 5.25 Å². The molecule has 130 valence electrons. The lowest BCUT2D eigenvalue weighted by Gasteiger charge is -2.14. The molecule has 7 nitrogen and oxygen atoms in total. The highest BCUT2D eigenvalue weighted by atomic mass is 32.2. The summed E-state index contributed by atoms with van der Waals surface area (Å²) in [5, 5.41) is 9.39. The molecule has 2 rings (SSSR count). The first-order chi connectivity index (χ1) is 11.5. The van der Waals surface area contributed by atoms with Crippen LogP contribution in [0.15, 0.2) is 28.2 Å². The number of nitrogens with zero attached hydrogens (tertiary/aromatic N) is 2. The summed E-state index contributed by atoms with van der Waals surface area (Å²) in [7, 11) is 1.56. The largest absolute Gasteiger partial charge is 0.495 e. The number of hydrogen-bond donors (Lipinski definition) is 2. The van der Waals surface area contributed by atoms with Crippen molar-refractivity contribution in [1.29, 1.82) is 0 Å². The maximum atomic E-state index is 12.5. The topological polar surface area (TPSA) is 89.0 Å². The summed E-state index contributed by atoms with van der Waals surface area (Å²) in [6.07, 6.45) is 0.814. The number of anilines is 1. The van der Waals surface area contributed by atoms with E-state index in [4.69, 9.17) is 4.74 Å². The molecule has 1 aromatic carbocycles. The van der Waals surface area contributed by atoms with Gasteiger partial charge in [-0.2, -0.15) is 0 Å². The molecule has 0 spiro atoms. The average molecular weight is 350 g/mol. The van der Waals surface area contributed by atoms with E-state index in [1.165, 1.54) is 11.8 Å². The van der Waals surface area contributed by atoms with Crippen LogP contribution in [0, 0.1) is 6.92 Å². The molecule has 8 heteroatoms. The van der Waals surface area contributed by atoms with Crippen LogP contribution in [-0.2, 0) is 11.3 Å². The number of benzene rings is 1. The number of aromatic nitrogens is 3. The smallest absolute Gasteiger partial charge is 0.343 e. The van der Waals surface area contributed by atoms with Crippen molar-refractivity contribution in [1.82, 2.24) is 14.8 Å². The van der Waals surface area contributed by atoms with Gasteiger partial charge in [0.25, 0.3) is 0 Å². The Morgan fingerprint density at radius 3 is 2.92 bits per heavy atom. The second-order valence-corrected chi connectivity index (χ2v) is 6.72. The van der Waals surface area contributed by atoms with Gasteiger partial charge in [-0.3, -0.25) is 9.36 Å². The number of rotatable bonds is 7. The monoisotopic (exact) mass is 350 g/mol.